The van der Waals surface area contributed by atoms with Crippen molar-refractivity contribution < 1.29 is 0 Å². The Hall–Kier alpha value is -0.910. The van der Waals surface area contributed by atoms with Crippen molar-refractivity contribution in [2.45, 2.75) is 30.3 Å². The SMILES string of the molecule is Cc1nnc(Sc2ccccc2Br)c(CN)c1C. The Kier molecular flexibility index (Phi) is 4.37. The minimum atomic E-state index is 0.481. The van der Waals surface area contributed by atoms with Crippen LogP contribution in [0.2, 0.25) is 0 Å². The van der Waals surface area contributed by atoms with Gasteiger partial charge in [-0.25, -0.2) is 0 Å². The van der Waals surface area contributed by atoms with Gasteiger partial charge < -0.3 is 5.73 Å². The Labute approximate surface area is 119 Å². The molecule has 2 N–H and O–H groups in total. The predicted molar refractivity (Wildman–Crippen MR) is 77.7 cm³/mol. The number of rotatable bonds is 3. The lowest BCUT2D eigenvalue weighted by Crippen LogP contribution is -2.06. The van der Waals surface area contributed by atoms with Gasteiger partial charge in [0.15, 0.2) is 0 Å². The zero-order valence-electron chi connectivity index (χ0n) is 10.3. The van der Waals surface area contributed by atoms with Crippen molar-refractivity contribution in [2.75, 3.05) is 0 Å². The Bertz CT molecular complexity index is 572. The quantitative estimate of drug-likeness (QED) is 0.939. The molecule has 3 nitrogen and oxygen atoms in total. The first-order chi connectivity index (χ1) is 8.63. The number of hydrogen-bond donors (Lipinski definition) is 1. The van der Waals surface area contributed by atoms with E-state index in [1.54, 1.807) is 11.8 Å². The first kappa shape index (κ1) is 13.5. The molecule has 0 saturated carbocycles. The third kappa shape index (κ3) is 2.74. The zero-order chi connectivity index (χ0) is 13.1. The van der Waals surface area contributed by atoms with Gasteiger partial charge in [0.05, 0.1) is 5.69 Å². The lowest BCUT2D eigenvalue weighted by Gasteiger charge is -2.11. The van der Waals surface area contributed by atoms with E-state index in [-0.39, 0.29) is 0 Å². The van der Waals surface area contributed by atoms with E-state index in [9.17, 15) is 0 Å². The fourth-order valence-corrected chi connectivity index (χ4v) is 3.08. The summed E-state index contributed by atoms with van der Waals surface area (Å²) < 4.78 is 1.05. The van der Waals surface area contributed by atoms with Gasteiger partial charge in [0, 0.05) is 21.5 Å². The summed E-state index contributed by atoms with van der Waals surface area (Å²) in [5.41, 5.74) is 8.96. The molecule has 0 unspecified atom stereocenters. The molecule has 0 atom stereocenters. The van der Waals surface area contributed by atoms with Crippen LogP contribution in [0, 0.1) is 13.8 Å². The second kappa shape index (κ2) is 5.82. The van der Waals surface area contributed by atoms with Crippen LogP contribution in [0.4, 0.5) is 0 Å². The van der Waals surface area contributed by atoms with Gasteiger partial charge in [0.1, 0.15) is 5.03 Å². The Morgan fingerprint density at radius 2 is 1.94 bits per heavy atom. The molecule has 0 aliphatic heterocycles. The molecule has 0 bridgehead atoms. The summed E-state index contributed by atoms with van der Waals surface area (Å²) in [6, 6.07) is 8.05. The van der Waals surface area contributed by atoms with Crippen molar-refractivity contribution in [3.8, 4) is 0 Å². The van der Waals surface area contributed by atoms with Crippen LogP contribution in [-0.2, 0) is 6.54 Å². The van der Waals surface area contributed by atoms with Crippen molar-refractivity contribution in [3.63, 3.8) is 0 Å². The lowest BCUT2D eigenvalue weighted by molar-refractivity contribution is 0.824. The molecule has 0 amide bonds. The van der Waals surface area contributed by atoms with Crippen molar-refractivity contribution >= 4 is 27.7 Å². The maximum atomic E-state index is 5.82. The van der Waals surface area contributed by atoms with Crippen molar-refractivity contribution in [1.82, 2.24) is 10.2 Å². The number of nitrogens with zero attached hydrogens (tertiary/aromatic N) is 2. The molecule has 18 heavy (non-hydrogen) atoms. The summed E-state index contributed by atoms with van der Waals surface area (Å²) in [4.78, 5) is 1.12. The zero-order valence-corrected chi connectivity index (χ0v) is 12.7. The maximum Gasteiger partial charge on any atom is 0.128 e. The Morgan fingerprint density at radius 1 is 1.22 bits per heavy atom. The van der Waals surface area contributed by atoms with Gasteiger partial charge in [-0.3, -0.25) is 0 Å². The average Bonchev–Trinajstić information content (AvgIpc) is 2.37. The smallest absolute Gasteiger partial charge is 0.128 e. The fraction of sp³-hybridized carbons (Fsp3) is 0.231. The largest absolute Gasteiger partial charge is 0.326 e. The van der Waals surface area contributed by atoms with E-state index in [1.807, 2.05) is 38.1 Å². The predicted octanol–water partition coefficient (Wildman–Crippen LogP) is 3.47. The molecular weight excluding hydrogens is 310 g/mol. The van der Waals surface area contributed by atoms with Gasteiger partial charge in [-0.05, 0) is 47.5 Å². The van der Waals surface area contributed by atoms with E-state index in [2.05, 4.69) is 26.1 Å². The molecule has 2 aromatic rings. The highest BCUT2D eigenvalue weighted by Gasteiger charge is 2.12. The van der Waals surface area contributed by atoms with E-state index in [0.29, 0.717) is 6.54 Å². The average molecular weight is 324 g/mol. The lowest BCUT2D eigenvalue weighted by atomic mass is 10.1. The normalized spacial score (nSPS) is 10.7. The Morgan fingerprint density at radius 3 is 2.61 bits per heavy atom. The van der Waals surface area contributed by atoms with E-state index in [1.165, 1.54) is 0 Å². The van der Waals surface area contributed by atoms with Gasteiger partial charge in [-0.2, -0.15) is 5.10 Å². The van der Waals surface area contributed by atoms with Crippen LogP contribution in [0.1, 0.15) is 16.8 Å². The third-order valence-electron chi connectivity index (χ3n) is 2.79. The molecule has 0 aliphatic rings. The molecule has 0 aliphatic carbocycles. The van der Waals surface area contributed by atoms with Crippen molar-refractivity contribution in [1.29, 1.82) is 0 Å². The van der Waals surface area contributed by atoms with E-state index in [0.717, 1.165) is 31.2 Å². The van der Waals surface area contributed by atoms with Gasteiger partial charge in [-0.15, -0.1) is 5.10 Å². The summed E-state index contributed by atoms with van der Waals surface area (Å²) in [5.74, 6) is 0. The van der Waals surface area contributed by atoms with Crippen LogP contribution in [0.25, 0.3) is 0 Å². The van der Waals surface area contributed by atoms with Crippen LogP contribution >= 0.6 is 27.7 Å². The van der Waals surface area contributed by atoms with Gasteiger partial charge >= 0.3 is 0 Å². The number of aryl methyl sites for hydroxylation is 1. The molecule has 0 spiro atoms. The molecule has 0 radical (unpaired) electrons. The van der Waals surface area contributed by atoms with Gasteiger partial charge in [0.25, 0.3) is 0 Å². The van der Waals surface area contributed by atoms with Crippen LogP contribution in [0.15, 0.2) is 38.7 Å². The maximum absolute atomic E-state index is 5.82. The highest BCUT2D eigenvalue weighted by atomic mass is 79.9. The topological polar surface area (TPSA) is 51.8 Å². The van der Waals surface area contributed by atoms with Crippen LogP contribution in [0.5, 0.6) is 0 Å². The highest BCUT2D eigenvalue weighted by molar-refractivity contribution is 9.10. The molecule has 5 heteroatoms. The summed E-state index contributed by atoms with van der Waals surface area (Å²) in [6.07, 6.45) is 0. The number of aromatic nitrogens is 2. The van der Waals surface area contributed by atoms with Crippen molar-refractivity contribution in [3.05, 3.63) is 45.6 Å². The van der Waals surface area contributed by atoms with Gasteiger partial charge in [-0.1, -0.05) is 23.9 Å². The first-order valence-corrected chi connectivity index (χ1v) is 7.19. The van der Waals surface area contributed by atoms with E-state index >= 15 is 0 Å². The molecule has 1 heterocycles. The first-order valence-electron chi connectivity index (χ1n) is 5.58. The molecule has 2 rings (SSSR count). The summed E-state index contributed by atoms with van der Waals surface area (Å²) in [5, 5.41) is 9.31. The molecule has 94 valence electrons. The monoisotopic (exact) mass is 323 g/mol. The molecule has 0 saturated heterocycles. The minimum absolute atomic E-state index is 0.481. The van der Waals surface area contributed by atoms with E-state index < -0.39 is 0 Å². The molecular formula is C13H14BrN3S. The molecule has 1 aromatic carbocycles. The fourth-order valence-electron chi connectivity index (χ4n) is 1.59. The standard InChI is InChI=1S/C13H14BrN3S/c1-8-9(2)16-17-13(10(8)7-15)18-12-6-4-3-5-11(12)14/h3-6H,7,15H2,1-2H3. The summed E-state index contributed by atoms with van der Waals surface area (Å²) in [6.45, 7) is 4.47. The molecule has 1 aromatic heterocycles. The second-order valence-corrected chi connectivity index (χ2v) is 5.82. The Balaban J connectivity index is 2.41. The second-order valence-electron chi connectivity index (χ2n) is 3.93. The van der Waals surface area contributed by atoms with Crippen molar-refractivity contribution in [2.24, 2.45) is 5.73 Å². The summed E-state index contributed by atoms with van der Waals surface area (Å²) >= 11 is 5.12. The minimum Gasteiger partial charge on any atom is -0.326 e. The summed E-state index contributed by atoms with van der Waals surface area (Å²) in [7, 11) is 0. The van der Waals surface area contributed by atoms with Crippen LogP contribution in [-0.4, -0.2) is 10.2 Å². The number of benzene rings is 1. The van der Waals surface area contributed by atoms with Gasteiger partial charge in [0.2, 0.25) is 0 Å². The number of nitrogens with two attached hydrogens (primary N) is 1. The van der Waals surface area contributed by atoms with Crippen LogP contribution in [0.3, 0.4) is 0 Å². The van der Waals surface area contributed by atoms with E-state index in [4.69, 9.17) is 5.73 Å². The molecule has 0 fully saturated rings. The number of hydrogen-bond acceptors (Lipinski definition) is 4. The number of halogens is 1. The highest BCUT2D eigenvalue weighted by Crippen LogP contribution is 2.34. The van der Waals surface area contributed by atoms with Crippen LogP contribution < -0.4 is 5.73 Å². The third-order valence-corrected chi connectivity index (χ3v) is 4.84.